The molecule has 0 spiro atoms. The smallest absolute Gasteiger partial charge is 0.254 e. The van der Waals surface area contributed by atoms with E-state index >= 15 is 0 Å². The third-order valence-corrected chi connectivity index (χ3v) is 9.82. The van der Waals surface area contributed by atoms with Crippen molar-refractivity contribution in [2.45, 2.75) is 57.4 Å². The summed E-state index contributed by atoms with van der Waals surface area (Å²) in [5.74, 6) is 1.15. The van der Waals surface area contributed by atoms with Crippen molar-refractivity contribution in [2.75, 3.05) is 25.3 Å². The predicted octanol–water partition coefficient (Wildman–Crippen LogP) is 5.25. The summed E-state index contributed by atoms with van der Waals surface area (Å²) in [6, 6.07) is 15.1. The molecule has 2 heterocycles. The number of nitrogens with one attached hydrogen (secondary N) is 3. The lowest BCUT2D eigenvalue weighted by Crippen LogP contribution is -2.25. The van der Waals surface area contributed by atoms with Gasteiger partial charge in [-0.05, 0) is 67.5 Å². The second-order valence-electron chi connectivity index (χ2n) is 10.7. The number of ether oxygens (including phenoxy) is 2. The molecule has 2 aromatic carbocycles. The number of carbonyl (C=O) groups is 3. The third kappa shape index (κ3) is 8.60. The number of benzene rings is 2. The summed E-state index contributed by atoms with van der Waals surface area (Å²) in [6.45, 7) is 3.10. The molecule has 2 aromatic heterocycles. The number of aromatic nitrogens is 3. The van der Waals surface area contributed by atoms with E-state index in [1.165, 1.54) is 34.1 Å². The quantitative estimate of drug-likeness (QED) is 0.122. The van der Waals surface area contributed by atoms with Gasteiger partial charge in [0, 0.05) is 24.0 Å². The maximum Gasteiger partial charge on any atom is 0.254 e. The van der Waals surface area contributed by atoms with Crippen LogP contribution in [0.25, 0.3) is 6.08 Å². The number of thiophene rings is 1. The van der Waals surface area contributed by atoms with Crippen molar-refractivity contribution in [3.63, 3.8) is 0 Å². The zero-order chi connectivity index (χ0) is 33.2. The van der Waals surface area contributed by atoms with Crippen LogP contribution in [0.15, 0.2) is 59.8 Å². The normalized spacial score (nSPS) is 12.4. The van der Waals surface area contributed by atoms with Crippen LogP contribution in [0.2, 0.25) is 0 Å². The van der Waals surface area contributed by atoms with Gasteiger partial charge in [-0.2, -0.15) is 0 Å². The first-order valence-corrected chi connectivity index (χ1v) is 17.2. The van der Waals surface area contributed by atoms with Crippen molar-refractivity contribution in [1.29, 1.82) is 0 Å². The van der Waals surface area contributed by atoms with E-state index in [2.05, 4.69) is 26.1 Å². The van der Waals surface area contributed by atoms with Gasteiger partial charge in [0.15, 0.2) is 22.5 Å². The van der Waals surface area contributed by atoms with Gasteiger partial charge in [0.25, 0.3) is 5.91 Å². The van der Waals surface area contributed by atoms with Crippen LogP contribution in [-0.2, 0) is 42.1 Å². The van der Waals surface area contributed by atoms with E-state index in [0.717, 1.165) is 42.4 Å². The molecule has 0 fully saturated rings. The molecule has 246 valence electrons. The van der Waals surface area contributed by atoms with Gasteiger partial charge in [-0.3, -0.25) is 14.4 Å². The first kappa shape index (κ1) is 33.7. The summed E-state index contributed by atoms with van der Waals surface area (Å²) in [5, 5.41) is 18.5. The second kappa shape index (κ2) is 16.3. The number of carbonyl (C=O) groups excluding carboxylic acids is 3. The first-order chi connectivity index (χ1) is 22.9. The van der Waals surface area contributed by atoms with Crippen molar-refractivity contribution in [3.8, 4) is 11.5 Å². The molecule has 13 heteroatoms. The molecule has 0 aliphatic heterocycles. The second-order valence-corrected chi connectivity index (χ2v) is 12.8. The molecule has 3 N–H and O–H groups in total. The van der Waals surface area contributed by atoms with E-state index in [0.29, 0.717) is 46.1 Å². The van der Waals surface area contributed by atoms with E-state index in [4.69, 9.17) is 9.47 Å². The highest BCUT2D eigenvalue weighted by molar-refractivity contribution is 7.99. The number of thioether (sulfide) groups is 1. The van der Waals surface area contributed by atoms with Crippen molar-refractivity contribution < 1.29 is 23.9 Å². The SMILES string of the molecule is CCn1c(CNC(=O)C=Cc2ccc(OC)c(OC)c2)nnc1SCC(=O)Nc1sc2c(c1C(=O)NCc1ccccc1)CCCC2. The molecule has 0 atom stereocenters. The summed E-state index contributed by atoms with van der Waals surface area (Å²) >= 11 is 2.75. The van der Waals surface area contributed by atoms with Crippen LogP contribution in [0.4, 0.5) is 5.00 Å². The number of hydrogen-bond acceptors (Lipinski definition) is 9. The van der Waals surface area contributed by atoms with E-state index in [-0.39, 0.29) is 30.0 Å². The molecular formula is C34H38N6O5S2. The van der Waals surface area contributed by atoms with E-state index in [9.17, 15) is 14.4 Å². The number of fused-ring (bicyclic) bond motifs is 1. The zero-order valence-electron chi connectivity index (χ0n) is 26.6. The van der Waals surface area contributed by atoms with Gasteiger partial charge in [-0.25, -0.2) is 0 Å². The Morgan fingerprint density at radius 3 is 2.53 bits per heavy atom. The summed E-state index contributed by atoms with van der Waals surface area (Å²) in [7, 11) is 3.12. The molecule has 0 bridgehead atoms. The molecule has 0 saturated carbocycles. The average Bonchev–Trinajstić information content (AvgIpc) is 3.68. The number of rotatable bonds is 14. The van der Waals surface area contributed by atoms with Crippen LogP contribution in [0, 0.1) is 0 Å². The summed E-state index contributed by atoms with van der Waals surface area (Å²) in [5.41, 5.74) is 3.42. The highest BCUT2D eigenvalue weighted by Gasteiger charge is 2.26. The number of aryl methyl sites for hydroxylation is 1. The van der Waals surface area contributed by atoms with Crippen molar-refractivity contribution in [2.24, 2.45) is 0 Å². The highest BCUT2D eigenvalue weighted by atomic mass is 32.2. The largest absolute Gasteiger partial charge is 0.493 e. The Morgan fingerprint density at radius 1 is 0.979 bits per heavy atom. The van der Waals surface area contributed by atoms with E-state index in [1.807, 2.05) is 47.9 Å². The molecule has 0 unspecified atom stereocenters. The average molecular weight is 675 g/mol. The fourth-order valence-electron chi connectivity index (χ4n) is 5.28. The minimum atomic E-state index is -0.290. The maximum atomic E-state index is 13.4. The number of methoxy groups -OCH3 is 2. The molecule has 1 aliphatic rings. The van der Waals surface area contributed by atoms with Crippen LogP contribution in [-0.4, -0.2) is 52.5 Å². The van der Waals surface area contributed by atoms with Gasteiger partial charge in [-0.1, -0.05) is 48.2 Å². The van der Waals surface area contributed by atoms with Crippen LogP contribution in [0.1, 0.15) is 57.5 Å². The Kier molecular flexibility index (Phi) is 11.7. The van der Waals surface area contributed by atoms with Crippen molar-refractivity contribution in [3.05, 3.63) is 87.6 Å². The van der Waals surface area contributed by atoms with Crippen LogP contribution < -0.4 is 25.4 Å². The Morgan fingerprint density at radius 2 is 1.77 bits per heavy atom. The van der Waals surface area contributed by atoms with Gasteiger partial charge in [0.2, 0.25) is 11.8 Å². The Hall–Kier alpha value is -4.62. The summed E-state index contributed by atoms with van der Waals surface area (Å²) in [6.07, 6.45) is 6.96. The van der Waals surface area contributed by atoms with E-state index in [1.54, 1.807) is 32.4 Å². The highest BCUT2D eigenvalue weighted by Crippen LogP contribution is 2.38. The van der Waals surface area contributed by atoms with Crippen molar-refractivity contribution >= 4 is 51.9 Å². The maximum absolute atomic E-state index is 13.4. The monoisotopic (exact) mass is 674 g/mol. The number of hydrogen-bond donors (Lipinski definition) is 3. The number of amides is 3. The number of anilines is 1. The predicted molar refractivity (Wildman–Crippen MR) is 184 cm³/mol. The molecular weight excluding hydrogens is 637 g/mol. The van der Waals surface area contributed by atoms with E-state index < -0.39 is 0 Å². The summed E-state index contributed by atoms with van der Waals surface area (Å²) in [4.78, 5) is 40.2. The Labute approximate surface area is 282 Å². The lowest BCUT2D eigenvalue weighted by Gasteiger charge is -2.13. The fourth-order valence-corrected chi connectivity index (χ4v) is 7.41. The topological polar surface area (TPSA) is 136 Å². The van der Waals surface area contributed by atoms with Crippen molar-refractivity contribution in [1.82, 2.24) is 25.4 Å². The Bertz CT molecular complexity index is 1750. The van der Waals surface area contributed by atoms with Gasteiger partial charge < -0.3 is 30.0 Å². The molecule has 0 saturated heterocycles. The minimum absolute atomic E-state index is 0.0895. The Balaban J connectivity index is 1.17. The molecule has 4 aromatic rings. The summed E-state index contributed by atoms with van der Waals surface area (Å²) < 4.78 is 12.4. The molecule has 11 nitrogen and oxygen atoms in total. The fraction of sp³-hybridized carbons (Fsp3) is 0.324. The molecule has 3 amide bonds. The van der Waals surface area contributed by atoms with Gasteiger partial charge in [0.1, 0.15) is 5.00 Å². The lowest BCUT2D eigenvalue weighted by molar-refractivity contribution is -0.116. The zero-order valence-corrected chi connectivity index (χ0v) is 28.3. The molecule has 5 rings (SSSR count). The van der Waals surface area contributed by atoms with Crippen LogP contribution in [0.5, 0.6) is 11.5 Å². The lowest BCUT2D eigenvalue weighted by atomic mass is 9.95. The molecule has 1 aliphatic carbocycles. The third-order valence-electron chi connectivity index (χ3n) is 7.64. The van der Waals surface area contributed by atoms with Gasteiger partial charge in [-0.15, -0.1) is 21.5 Å². The minimum Gasteiger partial charge on any atom is -0.493 e. The number of nitrogens with zero attached hydrogens (tertiary/aromatic N) is 3. The van der Waals surface area contributed by atoms with Crippen LogP contribution in [0.3, 0.4) is 0 Å². The molecule has 0 radical (unpaired) electrons. The van der Waals surface area contributed by atoms with Crippen LogP contribution >= 0.6 is 23.1 Å². The molecule has 47 heavy (non-hydrogen) atoms. The first-order valence-electron chi connectivity index (χ1n) is 15.4. The van der Waals surface area contributed by atoms with Gasteiger partial charge in [0.05, 0.1) is 32.1 Å². The standard InChI is InChI=1S/C34H38N6O5S2/c1-4-40-28(20-35-29(41)17-15-22-14-16-25(44-2)26(18-22)45-3)38-39-34(40)46-21-30(42)37-33-31(24-12-8-9-13-27(24)47-33)32(43)36-19-23-10-6-5-7-11-23/h5-7,10-11,14-18H,4,8-9,12-13,19-21H2,1-3H3,(H,35,41)(H,36,43)(H,37,42). The van der Waals surface area contributed by atoms with Gasteiger partial charge >= 0.3 is 0 Å².